The van der Waals surface area contributed by atoms with Gasteiger partial charge in [0.25, 0.3) is 5.69 Å². The molecule has 0 amide bonds. The number of alkyl halides is 1. The van der Waals surface area contributed by atoms with Crippen LogP contribution in [0.3, 0.4) is 0 Å². The van der Waals surface area contributed by atoms with Crippen molar-refractivity contribution >= 4 is 33.2 Å². The van der Waals surface area contributed by atoms with E-state index in [2.05, 4.69) is 15.9 Å². The summed E-state index contributed by atoms with van der Waals surface area (Å²) in [6, 6.07) is 8.21. The van der Waals surface area contributed by atoms with Gasteiger partial charge in [0.05, 0.1) is 9.95 Å². The van der Waals surface area contributed by atoms with Crippen LogP contribution in [-0.4, -0.2) is 4.92 Å². The zero-order valence-corrected chi connectivity index (χ0v) is 12.3. The monoisotopic (exact) mass is 359 g/mol. The van der Waals surface area contributed by atoms with E-state index in [0.29, 0.717) is 22.4 Å². The fourth-order valence-corrected chi connectivity index (χ4v) is 2.16. The fourth-order valence-electron chi connectivity index (χ4n) is 1.55. The first-order valence-electron chi connectivity index (χ1n) is 5.47. The van der Waals surface area contributed by atoms with Gasteiger partial charge < -0.3 is 4.74 Å². The summed E-state index contributed by atoms with van der Waals surface area (Å²) in [6.07, 6.45) is 0. The summed E-state index contributed by atoms with van der Waals surface area (Å²) in [5.74, 6) is 0.256. The maximum atomic E-state index is 13.1. The van der Waals surface area contributed by atoms with Crippen LogP contribution in [0, 0.1) is 15.9 Å². The van der Waals surface area contributed by atoms with Gasteiger partial charge in [0.1, 0.15) is 17.3 Å². The van der Waals surface area contributed by atoms with E-state index in [1.54, 1.807) is 0 Å². The predicted molar refractivity (Wildman–Crippen MR) is 77.2 cm³/mol. The van der Waals surface area contributed by atoms with Crippen LogP contribution in [0.2, 0.25) is 5.02 Å². The highest BCUT2D eigenvalue weighted by atomic mass is 79.9. The minimum Gasteiger partial charge on any atom is -0.457 e. The summed E-state index contributed by atoms with van der Waals surface area (Å²) in [6.45, 7) is 0. The summed E-state index contributed by atoms with van der Waals surface area (Å²) >= 11 is 8.91. The smallest absolute Gasteiger partial charge is 0.270 e. The van der Waals surface area contributed by atoms with Crippen LogP contribution in [0.15, 0.2) is 36.4 Å². The standard InChI is InChI=1S/C13H8BrClFNO3/c14-7-8-5-9(17(18)19)1-4-13(8)20-10-2-3-12(16)11(15)6-10/h1-6H,7H2. The lowest BCUT2D eigenvalue weighted by atomic mass is 10.2. The van der Waals surface area contributed by atoms with Crippen molar-refractivity contribution in [3.8, 4) is 11.5 Å². The summed E-state index contributed by atoms with van der Waals surface area (Å²) in [7, 11) is 0. The van der Waals surface area contributed by atoms with Crippen molar-refractivity contribution in [3.05, 3.63) is 62.9 Å². The lowest BCUT2D eigenvalue weighted by Crippen LogP contribution is -1.93. The molecule has 0 radical (unpaired) electrons. The summed E-state index contributed by atoms with van der Waals surface area (Å²) in [5.41, 5.74) is 0.587. The fraction of sp³-hybridized carbons (Fsp3) is 0.0769. The largest absolute Gasteiger partial charge is 0.457 e. The highest BCUT2D eigenvalue weighted by Gasteiger charge is 2.12. The molecule has 4 nitrogen and oxygen atoms in total. The molecule has 2 aromatic rings. The maximum Gasteiger partial charge on any atom is 0.270 e. The van der Waals surface area contributed by atoms with E-state index in [-0.39, 0.29) is 10.7 Å². The molecule has 0 aliphatic carbocycles. The molecule has 0 N–H and O–H groups in total. The number of non-ortho nitro benzene ring substituents is 1. The van der Waals surface area contributed by atoms with Crippen molar-refractivity contribution in [3.63, 3.8) is 0 Å². The molecule has 7 heteroatoms. The van der Waals surface area contributed by atoms with Gasteiger partial charge in [0, 0.05) is 29.1 Å². The third kappa shape index (κ3) is 3.26. The normalized spacial score (nSPS) is 10.3. The van der Waals surface area contributed by atoms with Crippen molar-refractivity contribution in [2.24, 2.45) is 0 Å². The molecule has 0 bridgehead atoms. The van der Waals surface area contributed by atoms with E-state index in [9.17, 15) is 14.5 Å². The van der Waals surface area contributed by atoms with Crippen molar-refractivity contribution in [1.29, 1.82) is 0 Å². The van der Waals surface area contributed by atoms with Gasteiger partial charge in [-0.1, -0.05) is 27.5 Å². The Kier molecular flexibility index (Phi) is 4.57. The molecule has 0 fully saturated rings. The van der Waals surface area contributed by atoms with Gasteiger partial charge in [0.2, 0.25) is 0 Å². The van der Waals surface area contributed by atoms with Gasteiger partial charge >= 0.3 is 0 Å². The lowest BCUT2D eigenvalue weighted by molar-refractivity contribution is -0.384. The number of hydrogen-bond donors (Lipinski definition) is 0. The molecule has 0 spiro atoms. The molecule has 0 aromatic heterocycles. The van der Waals surface area contributed by atoms with Crippen LogP contribution in [0.4, 0.5) is 10.1 Å². The number of hydrogen-bond acceptors (Lipinski definition) is 3. The molecule has 2 rings (SSSR count). The number of ether oxygens (including phenoxy) is 1. The molecule has 0 aliphatic heterocycles. The molecule has 104 valence electrons. The molecule has 0 atom stereocenters. The molecular weight excluding hydrogens is 353 g/mol. The van der Waals surface area contributed by atoms with E-state index in [4.69, 9.17) is 16.3 Å². The second kappa shape index (κ2) is 6.19. The third-order valence-corrected chi connectivity index (χ3v) is 3.41. The summed E-state index contributed by atoms with van der Waals surface area (Å²) in [5, 5.41) is 11.0. The van der Waals surface area contributed by atoms with Crippen molar-refractivity contribution in [2.75, 3.05) is 0 Å². The second-order valence-electron chi connectivity index (χ2n) is 3.86. The van der Waals surface area contributed by atoms with Gasteiger partial charge in [-0.05, 0) is 18.2 Å². The number of nitro groups is 1. The van der Waals surface area contributed by atoms with Crippen LogP contribution in [0.25, 0.3) is 0 Å². The lowest BCUT2D eigenvalue weighted by Gasteiger charge is -2.10. The Morgan fingerprint density at radius 1 is 1.30 bits per heavy atom. The van der Waals surface area contributed by atoms with E-state index >= 15 is 0 Å². The van der Waals surface area contributed by atoms with Crippen LogP contribution in [0.1, 0.15) is 5.56 Å². The second-order valence-corrected chi connectivity index (χ2v) is 4.83. The Morgan fingerprint density at radius 2 is 2.05 bits per heavy atom. The van der Waals surface area contributed by atoms with Crippen LogP contribution in [-0.2, 0) is 5.33 Å². The first kappa shape index (κ1) is 14.7. The Balaban J connectivity index is 2.32. The Morgan fingerprint density at radius 3 is 2.65 bits per heavy atom. The van der Waals surface area contributed by atoms with Crippen LogP contribution < -0.4 is 4.74 Å². The van der Waals surface area contributed by atoms with Gasteiger partial charge in [-0.2, -0.15) is 0 Å². The molecule has 20 heavy (non-hydrogen) atoms. The molecule has 0 unspecified atom stereocenters. The molecule has 0 saturated carbocycles. The number of rotatable bonds is 4. The van der Waals surface area contributed by atoms with Crippen LogP contribution in [0.5, 0.6) is 11.5 Å². The molecule has 0 heterocycles. The number of benzene rings is 2. The van der Waals surface area contributed by atoms with Crippen molar-refractivity contribution in [1.82, 2.24) is 0 Å². The Bertz CT molecular complexity index is 666. The van der Waals surface area contributed by atoms with Gasteiger partial charge in [0.15, 0.2) is 0 Å². The SMILES string of the molecule is O=[N+]([O-])c1ccc(Oc2ccc(F)c(Cl)c2)c(CBr)c1. The molecule has 2 aromatic carbocycles. The van der Waals surface area contributed by atoms with Crippen molar-refractivity contribution < 1.29 is 14.1 Å². The maximum absolute atomic E-state index is 13.1. The Hall–Kier alpha value is -1.66. The summed E-state index contributed by atoms with van der Waals surface area (Å²) in [4.78, 5) is 10.2. The number of halogens is 3. The van der Waals surface area contributed by atoms with Gasteiger partial charge in [-0.25, -0.2) is 4.39 Å². The van der Waals surface area contributed by atoms with E-state index in [1.807, 2.05) is 0 Å². The average Bonchev–Trinajstić information content (AvgIpc) is 2.43. The van der Waals surface area contributed by atoms with E-state index in [1.165, 1.54) is 36.4 Å². The minimum absolute atomic E-state index is 0.0241. The number of nitro benzene ring substituents is 1. The molecular formula is C13H8BrClFNO3. The molecule has 0 aliphatic rings. The number of nitrogens with zero attached hydrogens (tertiary/aromatic N) is 1. The van der Waals surface area contributed by atoms with E-state index in [0.717, 1.165) is 0 Å². The van der Waals surface area contributed by atoms with Crippen LogP contribution >= 0.6 is 27.5 Å². The topological polar surface area (TPSA) is 52.4 Å². The van der Waals surface area contributed by atoms with E-state index < -0.39 is 10.7 Å². The van der Waals surface area contributed by atoms with Gasteiger partial charge in [-0.3, -0.25) is 10.1 Å². The van der Waals surface area contributed by atoms with Crippen molar-refractivity contribution in [2.45, 2.75) is 5.33 Å². The zero-order valence-electron chi connectivity index (χ0n) is 9.98. The average molecular weight is 361 g/mol. The Labute approximate surface area is 127 Å². The first-order valence-corrected chi connectivity index (χ1v) is 6.97. The van der Waals surface area contributed by atoms with Gasteiger partial charge in [-0.15, -0.1) is 0 Å². The molecule has 0 saturated heterocycles. The zero-order chi connectivity index (χ0) is 14.7. The first-order chi connectivity index (χ1) is 9.51. The summed E-state index contributed by atoms with van der Waals surface area (Å²) < 4.78 is 18.6. The highest BCUT2D eigenvalue weighted by Crippen LogP contribution is 2.31. The predicted octanol–water partition coefficient (Wildman–Crippen LogP) is 5.07. The quantitative estimate of drug-likeness (QED) is 0.434. The third-order valence-electron chi connectivity index (χ3n) is 2.52. The minimum atomic E-state index is -0.538. The highest BCUT2D eigenvalue weighted by molar-refractivity contribution is 9.08.